The minimum Gasteiger partial charge on any atom is -0.478 e. The van der Waals surface area contributed by atoms with E-state index in [0.29, 0.717) is 45.5 Å². The number of hydrogen-bond acceptors (Lipinski definition) is 4. The van der Waals surface area contributed by atoms with Crippen LogP contribution in [0.2, 0.25) is 0 Å². The van der Waals surface area contributed by atoms with Crippen LogP contribution in [-0.4, -0.2) is 25.6 Å². The molecule has 1 aliphatic carbocycles. The van der Waals surface area contributed by atoms with Crippen molar-refractivity contribution in [2.45, 2.75) is 39.3 Å². The van der Waals surface area contributed by atoms with Gasteiger partial charge in [0.15, 0.2) is 0 Å². The van der Waals surface area contributed by atoms with Gasteiger partial charge >= 0.3 is 5.97 Å². The summed E-state index contributed by atoms with van der Waals surface area (Å²) >= 11 is 0. The first-order valence-electron chi connectivity index (χ1n) is 13.2. The van der Waals surface area contributed by atoms with Crippen LogP contribution in [0.5, 0.6) is 5.88 Å². The molecular weight excluding hydrogens is 512 g/mol. The molecule has 5 aromatic rings. The Morgan fingerprint density at radius 3 is 2.52 bits per heavy atom. The number of hydrogen-bond donors (Lipinski definition) is 1. The van der Waals surface area contributed by atoms with Crippen LogP contribution in [0.4, 0.5) is 8.78 Å². The van der Waals surface area contributed by atoms with Gasteiger partial charge in [-0.15, -0.1) is 0 Å². The van der Waals surface area contributed by atoms with Crippen LogP contribution in [0.3, 0.4) is 0 Å². The van der Waals surface area contributed by atoms with Crippen molar-refractivity contribution in [3.8, 4) is 17.1 Å². The van der Waals surface area contributed by atoms with E-state index < -0.39 is 5.97 Å². The number of carbonyl (C=O) groups is 1. The minimum atomic E-state index is -0.991. The lowest BCUT2D eigenvalue weighted by Gasteiger charge is -2.11. The number of aromatic carboxylic acids is 1. The zero-order chi connectivity index (χ0) is 27.8. The molecular formula is C32H27F2N3O3. The van der Waals surface area contributed by atoms with Crippen LogP contribution in [0.15, 0.2) is 72.8 Å². The molecule has 40 heavy (non-hydrogen) atoms. The van der Waals surface area contributed by atoms with Crippen molar-refractivity contribution in [1.82, 2.24) is 14.5 Å². The van der Waals surface area contributed by atoms with Gasteiger partial charge in [-0.2, -0.15) is 0 Å². The van der Waals surface area contributed by atoms with Gasteiger partial charge in [0.05, 0.1) is 22.3 Å². The molecule has 202 valence electrons. The van der Waals surface area contributed by atoms with E-state index >= 15 is 4.39 Å². The number of fused-ring (bicyclic) bond motifs is 1. The van der Waals surface area contributed by atoms with Gasteiger partial charge < -0.3 is 14.4 Å². The molecule has 0 atom stereocenters. The molecule has 0 saturated heterocycles. The summed E-state index contributed by atoms with van der Waals surface area (Å²) in [6, 6.07) is 20.1. The molecule has 3 aromatic carbocycles. The van der Waals surface area contributed by atoms with Gasteiger partial charge in [0.2, 0.25) is 5.88 Å². The predicted molar refractivity (Wildman–Crippen MR) is 147 cm³/mol. The van der Waals surface area contributed by atoms with Crippen molar-refractivity contribution in [3.63, 3.8) is 0 Å². The summed E-state index contributed by atoms with van der Waals surface area (Å²) in [4.78, 5) is 20.7. The van der Waals surface area contributed by atoms with Gasteiger partial charge in [-0.1, -0.05) is 30.3 Å². The van der Waals surface area contributed by atoms with E-state index in [4.69, 9.17) is 9.72 Å². The normalized spacial score (nSPS) is 13.1. The smallest absolute Gasteiger partial charge is 0.335 e. The highest BCUT2D eigenvalue weighted by Crippen LogP contribution is 2.33. The van der Waals surface area contributed by atoms with E-state index in [1.54, 1.807) is 54.6 Å². The highest BCUT2D eigenvalue weighted by Gasteiger charge is 2.25. The molecule has 8 heteroatoms. The lowest BCUT2D eigenvalue weighted by molar-refractivity contribution is 0.0697. The van der Waals surface area contributed by atoms with Gasteiger partial charge in [0.25, 0.3) is 0 Å². The molecule has 1 saturated carbocycles. The minimum absolute atomic E-state index is 0.0334. The van der Waals surface area contributed by atoms with Crippen molar-refractivity contribution in [2.75, 3.05) is 0 Å². The average Bonchev–Trinajstić information content (AvgIpc) is 3.70. The maximum Gasteiger partial charge on any atom is 0.335 e. The quantitative estimate of drug-likeness (QED) is 0.219. The van der Waals surface area contributed by atoms with E-state index in [-0.39, 0.29) is 30.2 Å². The summed E-state index contributed by atoms with van der Waals surface area (Å²) in [5, 5.41) is 9.44. The molecule has 1 N–H and O–H groups in total. The highest BCUT2D eigenvalue weighted by molar-refractivity contribution is 5.92. The van der Waals surface area contributed by atoms with Crippen LogP contribution >= 0.6 is 0 Å². The van der Waals surface area contributed by atoms with Crippen LogP contribution in [0, 0.1) is 24.5 Å². The number of halogens is 2. The Bertz CT molecular complexity index is 1740. The molecule has 6 rings (SSSR count). The van der Waals surface area contributed by atoms with E-state index in [2.05, 4.69) is 4.98 Å². The van der Waals surface area contributed by atoms with Gasteiger partial charge in [-0.3, -0.25) is 0 Å². The second-order valence-electron chi connectivity index (χ2n) is 10.3. The first kappa shape index (κ1) is 25.7. The van der Waals surface area contributed by atoms with Gasteiger partial charge in [0, 0.05) is 30.2 Å². The largest absolute Gasteiger partial charge is 0.478 e. The average molecular weight is 540 g/mol. The van der Waals surface area contributed by atoms with Gasteiger partial charge in [0.1, 0.15) is 24.1 Å². The summed E-state index contributed by atoms with van der Waals surface area (Å²) in [6.07, 6.45) is 2.52. The van der Waals surface area contributed by atoms with Gasteiger partial charge in [-0.25, -0.2) is 23.5 Å². The lowest BCUT2D eigenvalue weighted by Crippen LogP contribution is -2.07. The molecule has 0 unspecified atom stereocenters. The summed E-state index contributed by atoms with van der Waals surface area (Å²) < 4.78 is 37.3. The Hall–Kier alpha value is -4.59. The Morgan fingerprint density at radius 1 is 0.975 bits per heavy atom. The van der Waals surface area contributed by atoms with E-state index in [9.17, 15) is 14.3 Å². The number of benzene rings is 3. The van der Waals surface area contributed by atoms with Crippen molar-refractivity contribution in [1.29, 1.82) is 0 Å². The van der Waals surface area contributed by atoms with Crippen molar-refractivity contribution in [3.05, 3.63) is 113 Å². The molecule has 1 fully saturated rings. The fourth-order valence-corrected chi connectivity index (χ4v) is 4.80. The SMILES string of the molecule is Cc1ccc(COc2cccc(-c3ccc(Cc4nc5ccc(C(=O)O)cc5n4CC4CC4)c(F)c3)n2)c(F)c1. The first-order valence-corrected chi connectivity index (χ1v) is 13.2. The third-order valence-corrected chi connectivity index (χ3v) is 7.22. The van der Waals surface area contributed by atoms with Crippen molar-refractivity contribution < 1.29 is 23.4 Å². The van der Waals surface area contributed by atoms with Crippen molar-refractivity contribution in [2.24, 2.45) is 5.92 Å². The van der Waals surface area contributed by atoms with Crippen LogP contribution in [0.25, 0.3) is 22.3 Å². The topological polar surface area (TPSA) is 77.2 Å². The molecule has 0 aliphatic heterocycles. The predicted octanol–water partition coefficient (Wildman–Crippen LogP) is 6.96. The molecule has 6 nitrogen and oxygen atoms in total. The summed E-state index contributed by atoms with van der Waals surface area (Å²) in [6.45, 7) is 2.59. The summed E-state index contributed by atoms with van der Waals surface area (Å²) in [7, 11) is 0. The maximum atomic E-state index is 15.4. The second-order valence-corrected chi connectivity index (χ2v) is 10.3. The van der Waals surface area contributed by atoms with E-state index in [0.717, 1.165) is 30.5 Å². The molecule has 1 aliphatic rings. The molecule has 2 heterocycles. The van der Waals surface area contributed by atoms with Crippen LogP contribution < -0.4 is 4.74 Å². The summed E-state index contributed by atoms with van der Waals surface area (Å²) in [5.41, 5.74) is 4.53. The monoisotopic (exact) mass is 539 g/mol. The third-order valence-electron chi connectivity index (χ3n) is 7.22. The number of carboxylic acids is 1. The number of ether oxygens (including phenoxy) is 1. The molecule has 2 aromatic heterocycles. The molecule has 0 amide bonds. The van der Waals surface area contributed by atoms with Gasteiger partial charge in [-0.05, 0) is 73.2 Å². The zero-order valence-corrected chi connectivity index (χ0v) is 21.9. The maximum absolute atomic E-state index is 15.4. The fourth-order valence-electron chi connectivity index (χ4n) is 4.80. The third kappa shape index (κ3) is 5.43. The number of aromatic nitrogens is 3. The van der Waals surface area contributed by atoms with Crippen LogP contribution in [0.1, 0.15) is 45.7 Å². The van der Waals surface area contributed by atoms with Crippen molar-refractivity contribution >= 4 is 17.0 Å². The molecule has 0 spiro atoms. The number of imidazole rings is 1. The standard InChI is InChI=1S/C32H27F2N3O3/c1-19-5-8-24(25(33)13-19)18-40-31-4-2-3-27(36-31)22-10-9-21(26(34)14-22)16-30-35-28-12-11-23(32(38)39)15-29(28)37(30)17-20-6-7-20/h2-5,8-15,20H,6-7,16-18H2,1H3,(H,38,39). The Morgan fingerprint density at radius 2 is 1.77 bits per heavy atom. The number of aryl methyl sites for hydroxylation is 1. The molecule has 0 bridgehead atoms. The van der Waals surface area contributed by atoms with Crippen LogP contribution in [-0.2, 0) is 19.6 Å². The number of rotatable bonds is 9. The van der Waals surface area contributed by atoms with E-state index in [1.165, 1.54) is 12.1 Å². The Balaban J connectivity index is 1.23. The second kappa shape index (κ2) is 10.5. The Labute approximate surface area is 229 Å². The number of carboxylic acid groups (broad SMARTS) is 1. The summed E-state index contributed by atoms with van der Waals surface area (Å²) in [5.74, 6) is -0.163. The highest BCUT2D eigenvalue weighted by atomic mass is 19.1. The lowest BCUT2D eigenvalue weighted by atomic mass is 10.1. The van der Waals surface area contributed by atoms with E-state index in [1.807, 2.05) is 17.6 Å². The first-order chi connectivity index (χ1) is 19.3. The Kier molecular flexibility index (Phi) is 6.76. The number of nitrogens with zero attached hydrogens (tertiary/aromatic N) is 3. The zero-order valence-electron chi connectivity index (χ0n) is 21.9. The molecule has 0 radical (unpaired) electrons. The number of pyridine rings is 1. The fraction of sp³-hybridized carbons (Fsp3) is 0.219.